The molecule has 0 N–H and O–H groups in total. The molecule has 44 heavy (non-hydrogen) atoms. The molecule has 0 saturated carbocycles. The van der Waals surface area contributed by atoms with E-state index in [0.29, 0.717) is 0 Å². The van der Waals surface area contributed by atoms with Gasteiger partial charge in [-0.25, -0.2) is 0 Å². The number of rotatable bonds is 34. The molecule has 3 nitrogen and oxygen atoms in total. The lowest BCUT2D eigenvalue weighted by Crippen LogP contribution is -2.45. The van der Waals surface area contributed by atoms with Crippen LogP contribution in [-0.2, 0) is 0 Å². The van der Waals surface area contributed by atoms with Crippen LogP contribution in [-0.4, -0.2) is 61.6 Å². The van der Waals surface area contributed by atoms with Gasteiger partial charge >= 0.3 is 5.96 Å². The van der Waals surface area contributed by atoms with Crippen molar-refractivity contribution in [3.05, 3.63) is 0 Å². The van der Waals surface area contributed by atoms with Crippen molar-refractivity contribution in [2.24, 2.45) is 0 Å². The third-order valence-corrected chi connectivity index (χ3v) is 9.78. The van der Waals surface area contributed by atoms with E-state index in [0.717, 1.165) is 0 Å². The SMILES string of the molecule is CCCCCCCCCCCCCCCCCCN(C)C(N(C)CCCCCCCCCCCCCCCCCC)=[N+](C)C. The molecule has 0 aliphatic rings. The van der Waals surface area contributed by atoms with E-state index < -0.39 is 0 Å². The van der Waals surface area contributed by atoms with E-state index >= 15 is 0 Å². The lowest BCUT2D eigenvalue weighted by molar-refractivity contribution is -0.476. The van der Waals surface area contributed by atoms with E-state index in [9.17, 15) is 0 Å². The van der Waals surface area contributed by atoms with Gasteiger partial charge in [0.05, 0.1) is 41.3 Å². The van der Waals surface area contributed by atoms with Crippen molar-refractivity contribution in [3.63, 3.8) is 0 Å². The average molecular weight is 621 g/mol. The Hall–Kier alpha value is -0.730. The third-order valence-electron chi connectivity index (χ3n) is 9.78. The predicted molar refractivity (Wildman–Crippen MR) is 201 cm³/mol. The Morgan fingerprint density at radius 2 is 0.500 bits per heavy atom. The van der Waals surface area contributed by atoms with Gasteiger partial charge in [0.15, 0.2) is 0 Å². The van der Waals surface area contributed by atoms with Crippen molar-refractivity contribution < 1.29 is 4.58 Å². The lowest BCUT2D eigenvalue weighted by Gasteiger charge is -2.24. The molecule has 0 spiro atoms. The highest BCUT2D eigenvalue weighted by atomic mass is 15.4. The minimum absolute atomic E-state index is 1.18. The zero-order valence-corrected chi connectivity index (χ0v) is 31.9. The highest BCUT2D eigenvalue weighted by Crippen LogP contribution is 2.15. The maximum atomic E-state index is 2.50. The first kappa shape index (κ1) is 43.3. The molecule has 0 unspecified atom stereocenters. The second-order valence-corrected chi connectivity index (χ2v) is 14.6. The number of guanidine groups is 1. The van der Waals surface area contributed by atoms with Crippen LogP contribution in [0, 0.1) is 0 Å². The molecule has 3 heteroatoms. The summed E-state index contributed by atoms with van der Waals surface area (Å²) in [4.78, 5) is 4.99. The Bertz CT molecular complexity index is 538. The van der Waals surface area contributed by atoms with Gasteiger partial charge in [-0.3, -0.25) is 14.4 Å². The molecule has 0 aromatic carbocycles. The number of unbranched alkanes of at least 4 members (excludes halogenated alkanes) is 30. The van der Waals surface area contributed by atoms with E-state index in [1.165, 1.54) is 225 Å². The van der Waals surface area contributed by atoms with Gasteiger partial charge in [-0.2, -0.15) is 0 Å². The first-order valence-electron chi connectivity index (χ1n) is 20.5. The smallest absolute Gasteiger partial charge is 0.270 e. The average Bonchev–Trinajstić information content (AvgIpc) is 3.00. The molecule has 0 rings (SSSR count). The minimum Gasteiger partial charge on any atom is -0.270 e. The van der Waals surface area contributed by atoms with E-state index in [-0.39, 0.29) is 0 Å². The van der Waals surface area contributed by atoms with Gasteiger partial charge in [0, 0.05) is 0 Å². The van der Waals surface area contributed by atoms with E-state index in [1.807, 2.05) is 0 Å². The highest BCUT2D eigenvalue weighted by molar-refractivity contribution is 5.74. The summed E-state index contributed by atoms with van der Waals surface area (Å²) in [5, 5.41) is 0. The van der Waals surface area contributed by atoms with Crippen LogP contribution in [0.25, 0.3) is 0 Å². The Labute approximate surface area is 280 Å². The molecule has 0 aliphatic heterocycles. The largest absolute Gasteiger partial charge is 0.349 e. The van der Waals surface area contributed by atoms with Crippen molar-refractivity contribution in [2.75, 3.05) is 41.3 Å². The van der Waals surface area contributed by atoms with Gasteiger partial charge in [0.25, 0.3) is 0 Å². The summed E-state index contributed by atoms with van der Waals surface area (Å²) in [5.41, 5.74) is 0. The van der Waals surface area contributed by atoms with Crippen LogP contribution in [0.5, 0.6) is 0 Å². The van der Waals surface area contributed by atoms with Crippen LogP contribution in [0.2, 0.25) is 0 Å². The summed E-state index contributed by atoms with van der Waals surface area (Å²) >= 11 is 0. The maximum absolute atomic E-state index is 2.50. The van der Waals surface area contributed by atoms with Gasteiger partial charge in [-0.1, -0.05) is 206 Å². The standard InChI is InChI=1S/C41H86N3/c1-7-9-11-13-15-17-19-21-23-25-27-29-31-33-35-37-39-43(5)41(42(3)4)44(6)40-38-36-34-32-30-28-26-24-22-20-18-16-14-12-10-8-2/h7-40H2,1-6H3/q+1. The van der Waals surface area contributed by atoms with Crippen LogP contribution in [0.3, 0.4) is 0 Å². The number of hydrogen-bond donors (Lipinski definition) is 0. The second kappa shape index (κ2) is 35.1. The number of nitrogens with zero attached hydrogens (tertiary/aromatic N) is 3. The summed E-state index contributed by atoms with van der Waals surface area (Å²) in [6, 6.07) is 0. The van der Waals surface area contributed by atoms with Crippen LogP contribution in [0.1, 0.15) is 219 Å². The quantitative estimate of drug-likeness (QED) is 0.0306. The van der Waals surface area contributed by atoms with E-state index in [1.54, 1.807) is 0 Å². The molecule has 0 aromatic rings. The summed E-state index contributed by atoms with van der Waals surface area (Å²) in [6.45, 7) is 6.96. The van der Waals surface area contributed by atoms with Crippen molar-refractivity contribution in [1.29, 1.82) is 0 Å². The summed E-state index contributed by atoms with van der Waals surface area (Å²) in [7, 11) is 9.02. The summed E-state index contributed by atoms with van der Waals surface area (Å²) in [6.07, 6.45) is 46.0. The van der Waals surface area contributed by atoms with Crippen LogP contribution < -0.4 is 0 Å². The Morgan fingerprint density at radius 1 is 0.318 bits per heavy atom. The molecule has 0 heterocycles. The fourth-order valence-electron chi connectivity index (χ4n) is 6.97. The van der Waals surface area contributed by atoms with Crippen molar-refractivity contribution in [3.8, 4) is 0 Å². The van der Waals surface area contributed by atoms with Gasteiger partial charge in [-0.05, 0) is 12.8 Å². The second-order valence-electron chi connectivity index (χ2n) is 14.6. The molecule has 0 fully saturated rings. The zero-order valence-electron chi connectivity index (χ0n) is 31.9. The van der Waals surface area contributed by atoms with Gasteiger partial charge in [-0.15, -0.1) is 0 Å². The van der Waals surface area contributed by atoms with Gasteiger partial charge < -0.3 is 0 Å². The number of hydrogen-bond acceptors (Lipinski definition) is 0. The molecule has 264 valence electrons. The molecular formula is C41H86N3+. The maximum Gasteiger partial charge on any atom is 0.349 e. The normalized spacial score (nSPS) is 11.3. The predicted octanol–water partition coefficient (Wildman–Crippen LogP) is 13.0. The fourth-order valence-corrected chi connectivity index (χ4v) is 6.97. The van der Waals surface area contributed by atoms with Gasteiger partial charge in [0.2, 0.25) is 0 Å². The summed E-state index contributed by atoms with van der Waals surface area (Å²) in [5.74, 6) is 1.38. The lowest BCUT2D eigenvalue weighted by atomic mass is 10.0. The Balaban J connectivity index is 3.64. The van der Waals surface area contributed by atoms with Crippen LogP contribution in [0.4, 0.5) is 0 Å². The monoisotopic (exact) mass is 621 g/mol. The Kier molecular flexibility index (Phi) is 34.5. The van der Waals surface area contributed by atoms with Crippen molar-refractivity contribution >= 4 is 5.96 Å². The van der Waals surface area contributed by atoms with Crippen molar-refractivity contribution in [2.45, 2.75) is 219 Å². The summed E-state index contributed by atoms with van der Waals surface area (Å²) < 4.78 is 2.32. The minimum atomic E-state index is 1.18. The fraction of sp³-hybridized carbons (Fsp3) is 0.976. The van der Waals surface area contributed by atoms with Crippen LogP contribution >= 0.6 is 0 Å². The molecule has 0 amide bonds. The van der Waals surface area contributed by atoms with Crippen molar-refractivity contribution in [1.82, 2.24) is 9.80 Å². The highest BCUT2D eigenvalue weighted by Gasteiger charge is 2.20. The molecule has 0 saturated heterocycles. The topological polar surface area (TPSA) is 9.49 Å². The molecule has 0 aromatic heterocycles. The third kappa shape index (κ3) is 30.0. The zero-order chi connectivity index (χ0) is 32.4. The first-order valence-corrected chi connectivity index (χ1v) is 20.5. The van der Waals surface area contributed by atoms with E-state index in [2.05, 4.69) is 56.4 Å². The van der Waals surface area contributed by atoms with Gasteiger partial charge in [0.1, 0.15) is 0 Å². The molecule has 0 radical (unpaired) electrons. The molecule has 0 aliphatic carbocycles. The molecule has 0 atom stereocenters. The van der Waals surface area contributed by atoms with E-state index in [4.69, 9.17) is 0 Å². The van der Waals surface area contributed by atoms with Crippen LogP contribution in [0.15, 0.2) is 0 Å². The Morgan fingerprint density at radius 3 is 0.682 bits per heavy atom. The first-order chi connectivity index (χ1) is 21.5. The molecule has 0 bridgehead atoms. The molecular weight excluding hydrogens is 534 g/mol.